The SMILES string of the molecule is O=C(NNC(=O)C(F)(F)F)c1ccc(CN(C(=O)N2CCOCC2)c2cccc(F)c2)c(F)c1. The van der Waals surface area contributed by atoms with E-state index in [0.29, 0.717) is 13.2 Å². The molecule has 0 aromatic heterocycles. The van der Waals surface area contributed by atoms with Crippen LogP contribution in [0.15, 0.2) is 42.5 Å². The molecular formula is C21H19F5N4O4. The number of nitrogens with zero attached hydrogens (tertiary/aromatic N) is 2. The fourth-order valence-corrected chi connectivity index (χ4v) is 3.08. The van der Waals surface area contributed by atoms with Crippen LogP contribution in [-0.2, 0) is 16.1 Å². The molecular weight excluding hydrogens is 467 g/mol. The molecule has 2 aromatic carbocycles. The van der Waals surface area contributed by atoms with Gasteiger partial charge in [-0.3, -0.25) is 25.3 Å². The van der Waals surface area contributed by atoms with Gasteiger partial charge < -0.3 is 9.64 Å². The molecule has 1 aliphatic rings. The van der Waals surface area contributed by atoms with Crippen molar-refractivity contribution in [2.45, 2.75) is 12.7 Å². The minimum absolute atomic E-state index is 0.0400. The highest BCUT2D eigenvalue weighted by Crippen LogP contribution is 2.23. The normalized spacial score (nSPS) is 13.9. The summed E-state index contributed by atoms with van der Waals surface area (Å²) in [5.41, 5.74) is 2.47. The van der Waals surface area contributed by atoms with Crippen molar-refractivity contribution >= 4 is 23.5 Å². The first kappa shape index (κ1) is 24.9. The summed E-state index contributed by atoms with van der Waals surface area (Å²) in [5, 5.41) is 0. The zero-order valence-corrected chi connectivity index (χ0v) is 17.5. The topological polar surface area (TPSA) is 91.0 Å². The molecule has 182 valence electrons. The molecule has 4 amide bonds. The maximum Gasteiger partial charge on any atom is 0.472 e. The second-order valence-electron chi connectivity index (χ2n) is 7.16. The molecule has 13 heteroatoms. The number of carbonyl (C=O) groups is 3. The number of hydrogen-bond acceptors (Lipinski definition) is 4. The predicted octanol–water partition coefficient (Wildman–Crippen LogP) is 2.75. The average Bonchev–Trinajstić information content (AvgIpc) is 2.81. The molecule has 0 bridgehead atoms. The molecule has 1 aliphatic heterocycles. The van der Waals surface area contributed by atoms with Crippen LogP contribution < -0.4 is 15.8 Å². The minimum Gasteiger partial charge on any atom is -0.378 e. The zero-order chi connectivity index (χ0) is 24.9. The molecule has 0 spiro atoms. The van der Waals surface area contributed by atoms with Crippen LogP contribution in [0.5, 0.6) is 0 Å². The molecule has 1 saturated heterocycles. The molecule has 2 N–H and O–H groups in total. The van der Waals surface area contributed by atoms with Crippen LogP contribution in [0, 0.1) is 11.6 Å². The lowest BCUT2D eigenvalue weighted by Crippen LogP contribution is -2.48. The van der Waals surface area contributed by atoms with Gasteiger partial charge >= 0.3 is 18.1 Å². The number of hydrazine groups is 1. The van der Waals surface area contributed by atoms with Crippen LogP contribution in [0.1, 0.15) is 15.9 Å². The first-order valence-corrected chi connectivity index (χ1v) is 9.92. The van der Waals surface area contributed by atoms with Crippen molar-refractivity contribution in [1.29, 1.82) is 0 Å². The van der Waals surface area contributed by atoms with Crippen LogP contribution in [0.4, 0.5) is 32.4 Å². The van der Waals surface area contributed by atoms with Gasteiger partial charge in [0.05, 0.1) is 19.8 Å². The van der Waals surface area contributed by atoms with Gasteiger partial charge in [0.2, 0.25) is 0 Å². The van der Waals surface area contributed by atoms with Gasteiger partial charge in [-0.15, -0.1) is 0 Å². The van der Waals surface area contributed by atoms with Crippen molar-refractivity contribution in [2.24, 2.45) is 0 Å². The van der Waals surface area contributed by atoms with Gasteiger partial charge in [0.15, 0.2) is 0 Å². The number of nitrogens with one attached hydrogen (secondary N) is 2. The minimum atomic E-state index is -5.21. The summed E-state index contributed by atoms with van der Waals surface area (Å²) in [6.07, 6.45) is -5.21. The van der Waals surface area contributed by atoms with Crippen LogP contribution in [0.2, 0.25) is 0 Å². The molecule has 8 nitrogen and oxygen atoms in total. The number of amides is 4. The molecule has 34 heavy (non-hydrogen) atoms. The van der Waals surface area contributed by atoms with Crippen LogP contribution >= 0.6 is 0 Å². The third-order valence-corrected chi connectivity index (χ3v) is 4.82. The van der Waals surface area contributed by atoms with Gasteiger partial charge in [-0.2, -0.15) is 13.2 Å². The summed E-state index contributed by atoms with van der Waals surface area (Å²) < 4.78 is 70.4. The van der Waals surface area contributed by atoms with Crippen molar-refractivity contribution in [1.82, 2.24) is 15.8 Å². The maximum atomic E-state index is 14.8. The lowest BCUT2D eigenvalue weighted by Gasteiger charge is -2.33. The van der Waals surface area contributed by atoms with E-state index in [1.807, 2.05) is 0 Å². The molecule has 3 rings (SSSR count). The number of anilines is 1. The largest absolute Gasteiger partial charge is 0.472 e. The van der Waals surface area contributed by atoms with Crippen molar-refractivity contribution < 1.29 is 41.1 Å². The molecule has 1 fully saturated rings. The third-order valence-electron chi connectivity index (χ3n) is 4.82. The van der Waals surface area contributed by atoms with E-state index in [0.717, 1.165) is 29.2 Å². The van der Waals surface area contributed by atoms with Crippen molar-refractivity contribution in [3.05, 3.63) is 65.2 Å². The van der Waals surface area contributed by atoms with Gasteiger partial charge in [-0.05, 0) is 30.3 Å². The van der Waals surface area contributed by atoms with Crippen molar-refractivity contribution in [2.75, 3.05) is 31.2 Å². The second kappa shape index (κ2) is 10.5. The van der Waals surface area contributed by atoms with Crippen LogP contribution in [-0.4, -0.2) is 55.2 Å². The average molecular weight is 486 g/mol. The smallest absolute Gasteiger partial charge is 0.378 e. The predicted molar refractivity (Wildman–Crippen MR) is 108 cm³/mol. The zero-order valence-electron chi connectivity index (χ0n) is 17.5. The Labute approximate surface area is 190 Å². The van der Waals surface area contributed by atoms with Gasteiger partial charge in [-0.1, -0.05) is 12.1 Å². The monoisotopic (exact) mass is 486 g/mol. The highest BCUT2D eigenvalue weighted by atomic mass is 19.4. The van der Waals surface area contributed by atoms with E-state index in [-0.39, 0.29) is 36.4 Å². The number of urea groups is 1. The quantitative estimate of drug-likeness (QED) is 0.514. The number of halogens is 5. The number of alkyl halides is 3. The molecule has 1 heterocycles. The van der Waals surface area contributed by atoms with Crippen molar-refractivity contribution in [3.63, 3.8) is 0 Å². The highest BCUT2D eigenvalue weighted by molar-refractivity contribution is 5.96. The van der Waals surface area contributed by atoms with E-state index in [1.54, 1.807) is 0 Å². The van der Waals surface area contributed by atoms with Crippen LogP contribution in [0.25, 0.3) is 0 Å². The summed E-state index contributed by atoms with van der Waals surface area (Å²) in [6.45, 7) is 0.877. The van der Waals surface area contributed by atoms with Crippen LogP contribution in [0.3, 0.4) is 0 Å². The number of ether oxygens (including phenoxy) is 1. The maximum absolute atomic E-state index is 14.8. The Balaban J connectivity index is 1.79. The number of morpholine rings is 1. The molecule has 0 saturated carbocycles. The third kappa shape index (κ3) is 6.19. The van der Waals surface area contributed by atoms with E-state index in [9.17, 15) is 36.3 Å². The summed E-state index contributed by atoms with van der Waals surface area (Å²) in [7, 11) is 0. The Morgan fingerprint density at radius 1 is 1.00 bits per heavy atom. The Morgan fingerprint density at radius 2 is 1.71 bits per heavy atom. The van der Waals surface area contributed by atoms with E-state index in [2.05, 4.69) is 0 Å². The van der Waals surface area contributed by atoms with Gasteiger partial charge in [0.1, 0.15) is 11.6 Å². The van der Waals surface area contributed by atoms with E-state index < -0.39 is 35.7 Å². The number of carbonyl (C=O) groups excluding carboxylic acids is 3. The molecule has 0 aliphatic carbocycles. The van der Waals surface area contributed by atoms with E-state index >= 15 is 0 Å². The molecule has 0 radical (unpaired) electrons. The highest BCUT2D eigenvalue weighted by Gasteiger charge is 2.39. The fourth-order valence-electron chi connectivity index (χ4n) is 3.08. The lowest BCUT2D eigenvalue weighted by atomic mass is 10.1. The number of benzene rings is 2. The lowest BCUT2D eigenvalue weighted by molar-refractivity contribution is -0.174. The van der Waals surface area contributed by atoms with E-state index in [4.69, 9.17) is 4.74 Å². The van der Waals surface area contributed by atoms with Gasteiger partial charge in [0, 0.05) is 29.9 Å². The van der Waals surface area contributed by atoms with E-state index in [1.165, 1.54) is 34.0 Å². The molecule has 0 unspecified atom stereocenters. The molecule has 2 aromatic rings. The first-order valence-electron chi connectivity index (χ1n) is 9.92. The van der Waals surface area contributed by atoms with Gasteiger partial charge in [0.25, 0.3) is 5.91 Å². The van der Waals surface area contributed by atoms with Gasteiger partial charge in [-0.25, -0.2) is 13.6 Å². The Hall–Kier alpha value is -3.74. The second-order valence-corrected chi connectivity index (χ2v) is 7.16. The summed E-state index contributed by atoms with van der Waals surface area (Å²) in [4.78, 5) is 38.5. The standard InChI is InChI=1S/C21H19F5N4O4/c22-15-2-1-3-16(11-15)30(20(33)29-6-8-34-9-7-29)12-14-5-4-13(10-17(14)23)18(31)27-28-19(32)21(24,25)26/h1-5,10-11H,6-9,12H2,(H,27,31)(H,28,32). The number of rotatable bonds is 4. The fraction of sp³-hybridized carbons (Fsp3) is 0.286. The Morgan fingerprint density at radius 3 is 2.32 bits per heavy atom. The summed E-state index contributed by atoms with van der Waals surface area (Å²) in [6, 6.07) is 7.67. The van der Waals surface area contributed by atoms with Crippen molar-refractivity contribution in [3.8, 4) is 0 Å². The first-order chi connectivity index (χ1) is 16.1. The summed E-state index contributed by atoms with van der Waals surface area (Å²) >= 11 is 0. The number of hydrogen-bond donors (Lipinski definition) is 2. The summed E-state index contributed by atoms with van der Waals surface area (Å²) in [5.74, 6) is -5.13. The Bertz CT molecular complexity index is 1070. The molecule has 0 atom stereocenters. The Kier molecular flexibility index (Phi) is 7.66.